The van der Waals surface area contributed by atoms with Crippen molar-refractivity contribution in [2.45, 2.75) is 24.9 Å². The molecule has 0 bridgehead atoms. The second kappa shape index (κ2) is 4.79. The number of rotatable bonds is 4. The fraction of sp³-hybridized carbons (Fsp3) is 0.385. The Kier molecular flexibility index (Phi) is 3.12. The van der Waals surface area contributed by atoms with Crippen LogP contribution in [0.15, 0.2) is 23.6 Å². The van der Waals surface area contributed by atoms with E-state index in [1.807, 2.05) is 17.5 Å². The SMILES string of the molecule is O=C(NCC1(O)CCC1)c1cc(-c2cccs2)[nH]n1. The summed E-state index contributed by atoms with van der Waals surface area (Å²) in [5.74, 6) is -0.251. The number of aromatic nitrogens is 2. The van der Waals surface area contributed by atoms with Gasteiger partial charge in [0.05, 0.1) is 16.2 Å². The van der Waals surface area contributed by atoms with E-state index in [1.54, 1.807) is 17.4 Å². The zero-order chi connectivity index (χ0) is 13.3. The number of aliphatic hydroxyl groups is 1. The number of H-pyrrole nitrogens is 1. The van der Waals surface area contributed by atoms with Crippen LogP contribution < -0.4 is 5.32 Å². The van der Waals surface area contributed by atoms with Crippen molar-refractivity contribution in [3.05, 3.63) is 29.3 Å². The number of nitrogens with one attached hydrogen (secondary N) is 2. The molecule has 1 aliphatic rings. The zero-order valence-electron chi connectivity index (χ0n) is 10.3. The molecule has 1 aliphatic carbocycles. The first-order valence-electron chi connectivity index (χ1n) is 6.26. The molecule has 0 radical (unpaired) electrons. The average Bonchev–Trinajstić information content (AvgIpc) is 3.02. The van der Waals surface area contributed by atoms with Crippen molar-refractivity contribution in [2.75, 3.05) is 6.54 Å². The Morgan fingerprint density at radius 1 is 1.58 bits per heavy atom. The predicted molar refractivity (Wildman–Crippen MR) is 73.0 cm³/mol. The molecular formula is C13H15N3O2S. The fourth-order valence-electron chi connectivity index (χ4n) is 2.09. The Morgan fingerprint density at radius 2 is 2.42 bits per heavy atom. The van der Waals surface area contributed by atoms with Gasteiger partial charge < -0.3 is 10.4 Å². The summed E-state index contributed by atoms with van der Waals surface area (Å²) < 4.78 is 0. The zero-order valence-corrected chi connectivity index (χ0v) is 11.2. The summed E-state index contributed by atoms with van der Waals surface area (Å²) in [6, 6.07) is 5.65. The second-order valence-electron chi connectivity index (χ2n) is 4.90. The largest absolute Gasteiger partial charge is 0.388 e. The summed E-state index contributed by atoms with van der Waals surface area (Å²) in [7, 11) is 0. The van der Waals surface area contributed by atoms with Crippen molar-refractivity contribution < 1.29 is 9.90 Å². The second-order valence-corrected chi connectivity index (χ2v) is 5.85. The highest BCUT2D eigenvalue weighted by molar-refractivity contribution is 7.13. The normalized spacial score (nSPS) is 16.9. The molecule has 2 aromatic heterocycles. The van der Waals surface area contributed by atoms with Gasteiger partial charge in [-0.3, -0.25) is 9.89 Å². The lowest BCUT2D eigenvalue weighted by Crippen LogP contribution is -2.47. The van der Waals surface area contributed by atoms with Gasteiger partial charge in [-0.15, -0.1) is 11.3 Å². The van der Waals surface area contributed by atoms with Gasteiger partial charge in [0.2, 0.25) is 0 Å². The van der Waals surface area contributed by atoms with Crippen molar-refractivity contribution in [3.8, 4) is 10.6 Å². The first-order chi connectivity index (χ1) is 9.16. The van der Waals surface area contributed by atoms with E-state index < -0.39 is 5.60 Å². The fourth-order valence-corrected chi connectivity index (χ4v) is 2.79. The highest BCUT2D eigenvalue weighted by Crippen LogP contribution is 2.30. The minimum Gasteiger partial charge on any atom is -0.388 e. The highest BCUT2D eigenvalue weighted by Gasteiger charge is 2.34. The van der Waals surface area contributed by atoms with E-state index in [4.69, 9.17) is 0 Å². The van der Waals surface area contributed by atoms with Crippen molar-refractivity contribution in [1.29, 1.82) is 0 Å². The van der Waals surface area contributed by atoms with Gasteiger partial charge in [0.1, 0.15) is 0 Å². The molecule has 0 spiro atoms. The molecule has 0 aliphatic heterocycles. The highest BCUT2D eigenvalue weighted by atomic mass is 32.1. The lowest BCUT2D eigenvalue weighted by atomic mass is 9.80. The average molecular weight is 277 g/mol. The van der Waals surface area contributed by atoms with Crippen LogP contribution in [0.3, 0.4) is 0 Å². The summed E-state index contributed by atoms with van der Waals surface area (Å²) in [5.41, 5.74) is 0.483. The molecule has 2 aromatic rings. The van der Waals surface area contributed by atoms with Crippen LogP contribution in [-0.4, -0.2) is 33.4 Å². The van der Waals surface area contributed by atoms with Crippen LogP contribution in [0, 0.1) is 0 Å². The van der Waals surface area contributed by atoms with E-state index in [0.29, 0.717) is 12.2 Å². The molecule has 1 saturated carbocycles. The quantitative estimate of drug-likeness (QED) is 0.797. The van der Waals surface area contributed by atoms with Crippen LogP contribution in [0.2, 0.25) is 0 Å². The molecule has 1 fully saturated rings. The van der Waals surface area contributed by atoms with Crippen LogP contribution in [0.1, 0.15) is 29.8 Å². The Bertz CT molecular complexity index is 572. The first-order valence-corrected chi connectivity index (χ1v) is 7.14. The topological polar surface area (TPSA) is 78.0 Å². The van der Waals surface area contributed by atoms with Crippen LogP contribution in [0.25, 0.3) is 10.6 Å². The van der Waals surface area contributed by atoms with E-state index in [1.165, 1.54) is 0 Å². The molecule has 3 rings (SSSR count). The molecule has 19 heavy (non-hydrogen) atoms. The van der Waals surface area contributed by atoms with Gasteiger partial charge in [-0.05, 0) is 36.8 Å². The Balaban J connectivity index is 1.64. The van der Waals surface area contributed by atoms with Crippen LogP contribution in [0.4, 0.5) is 0 Å². The molecule has 0 aromatic carbocycles. The maximum Gasteiger partial charge on any atom is 0.271 e. The minimum atomic E-state index is -0.706. The van der Waals surface area contributed by atoms with Gasteiger partial charge in [-0.1, -0.05) is 6.07 Å². The third-order valence-corrected chi connectivity index (χ3v) is 4.36. The third-order valence-electron chi connectivity index (χ3n) is 3.46. The van der Waals surface area contributed by atoms with Crippen LogP contribution >= 0.6 is 11.3 Å². The lowest BCUT2D eigenvalue weighted by molar-refractivity contribution is -0.0300. The molecule has 0 atom stereocenters. The van der Waals surface area contributed by atoms with Gasteiger partial charge in [-0.25, -0.2) is 0 Å². The molecular weight excluding hydrogens is 262 g/mol. The van der Waals surface area contributed by atoms with Gasteiger partial charge in [0.15, 0.2) is 5.69 Å². The van der Waals surface area contributed by atoms with E-state index in [2.05, 4.69) is 15.5 Å². The molecule has 0 unspecified atom stereocenters. The summed E-state index contributed by atoms with van der Waals surface area (Å²) in [6.45, 7) is 0.299. The number of hydrogen-bond donors (Lipinski definition) is 3. The predicted octanol–water partition coefficient (Wildman–Crippen LogP) is 1.78. The van der Waals surface area contributed by atoms with Crippen LogP contribution in [0.5, 0.6) is 0 Å². The summed E-state index contributed by atoms with van der Waals surface area (Å²) in [5, 5.41) is 21.5. The van der Waals surface area contributed by atoms with E-state index >= 15 is 0 Å². The number of carbonyl (C=O) groups excluding carboxylic acids is 1. The lowest BCUT2D eigenvalue weighted by Gasteiger charge is -2.36. The van der Waals surface area contributed by atoms with Crippen molar-refractivity contribution in [1.82, 2.24) is 15.5 Å². The van der Waals surface area contributed by atoms with E-state index in [9.17, 15) is 9.90 Å². The molecule has 5 nitrogen and oxygen atoms in total. The summed E-state index contributed by atoms with van der Waals surface area (Å²) in [6.07, 6.45) is 2.54. The third kappa shape index (κ3) is 2.54. The summed E-state index contributed by atoms with van der Waals surface area (Å²) >= 11 is 1.59. The smallest absolute Gasteiger partial charge is 0.271 e. The van der Waals surface area contributed by atoms with E-state index in [0.717, 1.165) is 29.8 Å². The molecule has 3 N–H and O–H groups in total. The van der Waals surface area contributed by atoms with Gasteiger partial charge in [0.25, 0.3) is 5.91 Å². The Labute approximate surface area is 114 Å². The Hall–Kier alpha value is -1.66. The number of thiophene rings is 1. The number of hydrogen-bond acceptors (Lipinski definition) is 4. The maximum absolute atomic E-state index is 11.9. The molecule has 2 heterocycles. The molecule has 0 saturated heterocycles. The van der Waals surface area contributed by atoms with Gasteiger partial charge >= 0.3 is 0 Å². The van der Waals surface area contributed by atoms with Gasteiger partial charge in [-0.2, -0.15) is 5.10 Å². The number of amides is 1. The maximum atomic E-state index is 11.9. The summed E-state index contributed by atoms with van der Waals surface area (Å²) in [4.78, 5) is 13.0. The molecule has 6 heteroatoms. The van der Waals surface area contributed by atoms with Crippen LogP contribution in [-0.2, 0) is 0 Å². The van der Waals surface area contributed by atoms with Crippen molar-refractivity contribution in [2.24, 2.45) is 0 Å². The number of nitrogens with zero attached hydrogens (tertiary/aromatic N) is 1. The van der Waals surface area contributed by atoms with E-state index in [-0.39, 0.29) is 5.91 Å². The van der Waals surface area contributed by atoms with Crippen molar-refractivity contribution >= 4 is 17.2 Å². The Morgan fingerprint density at radius 3 is 3.05 bits per heavy atom. The number of aromatic amines is 1. The first kappa shape index (κ1) is 12.4. The number of carbonyl (C=O) groups is 1. The molecule has 1 amide bonds. The van der Waals surface area contributed by atoms with Gasteiger partial charge in [0, 0.05) is 6.54 Å². The van der Waals surface area contributed by atoms with Crippen molar-refractivity contribution in [3.63, 3.8) is 0 Å². The minimum absolute atomic E-state index is 0.251. The molecule has 100 valence electrons. The monoisotopic (exact) mass is 277 g/mol. The standard InChI is InChI=1S/C13H15N3O2S/c17-12(14-8-13(18)4-2-5-13)10-7-9(15-16-10)11-3-1-6-19-11/h1,3,6-7,18H,2,4-5,8H2,(H,14,17)(H,15,16).